The van der Waals surface area contributed by atoms with Gasteiger partial charge in [-0.15, -0.1) is 0 Å². The van der Waals surface area contributed by atoms with Gasteiger partial charge in [0, 0.05) is 0 Å². The molecule has 3 heteroatoms. The summed E-state index contributed by atoms with van der Waals surface area (Å²) >= 11 is -0.724. The van der Waals surface area contributed by atoms with Crippen molar-refractivity contribution in [3.63, 3.8) is 0 Å². The van der Waals surface area contributed by atoms with Gasteiger partial charge >= 0.3 is 90.8 Å². The summed E-state index contributed by atoms with van der Waals surface area (Å²) in [5, 5.41) is 9.40. The zero-order chi connectivity index (χ0) is 10.2. The summed E-state index contributed by atoms with van der Waals surface area (Å²) in [5.41, 5.74) is 1.35. The van der Waals surface area contributed by atoms with Crippen LogP contribution in [0.4, 0.5) is 4.79 Å². The number of hydrogen-bond acceptors (Lipinski definition) is 1. The van der Waals surface area contributed by atoms with E-state index in [-0.39, 0.29) is 0 Å². The number of rotatable bonds is 6. The van der Waals surface area contributed by atoms with E-state index >= 15 is 0 Å². The number of benzene rings is 1. The van der Waals surface area contributed by atoms with E-state index in [1.54, 1.807) is 0 Å². The van der Waals surface area contributed by atoms with Gasteiger partial charge in [0.1, 0.15) is 0 Å². The second-order valence-electron chi connectivity index (χ2n) is 3.17. The molecule has 0 aliphatic rings. The minimum atomic E-state index is -0.724. The van der Waals surface area contributed by atoms with Crippen LogP contribution < -0.4 is 0 Å². The quantitative estimate of drug-likeness (QED) is 0.625. The SMILES string of the molecule is O=C(O)[AsH]CCCCc1ccccc1. The Morgan fingerprint density at radius 3 is 2.57 bits per heavy atom. The fourth-order valence-electron chi connectivity index (χ4n) is 1.29. The molecule has 14 heavy (non-hydrogen) atoms. The van der Waals surface area contributed by atoms with Gasteiger partial charge < -0.3 is 0 Å². The van der Waals surface area contributed by atoms with Crippen LogP contribution in [-0.2, 0) is 6.42 Å². The van der Waals surface area contributed by atoms with Crippen LogP contribution >= 0.6 is 0 Å². The topological polar surface area (TPSA) is 37.3 Å². The predicted octanol–water partition coefficient (Wildman–Crippen LogP) is 2.54. The van der Waals surface area contributed by atoms with E-state index < -0.39 is 20.5 Å². The van der Waals surface area contributed by atoms with E-state index in [1.165, 1.54) is 5.56 Å². The van der Waals surface area contributed by atoms with E-state index in [2.05, 4.69) is 12.1 Å². The van der Waals surface area contributed by atoms with E-state index in [4.69, 9.17) is 5.11 Å². The van der Waals surface area contributed by atoms with Crippen LogP contribution in [-0.4, -0.2) is 25.6 Å². The first-order valence-corrected chi connectivity index (χ1v) is 7.33. The number of unbranched alkanes of at least 4 members (excludes halogenated alkanes) is 1. The zero-order valence-electron chi connectivity index (χ0n) is 8.07. The van der Waals surface area contributed by atoms with Crippen LogP contribution in [0.3, 0.4) is 0 Å². The molecule has 0 amide bonds. The van der Waals surface area contributed by atoms with Crippen molar-refractivity contribution in [2.75, 3.05) is 0 Å². The molecule has 1 aromatic carbocycles. The maximum absolute atomic E-state index is 10.3. The van der Waals surface area contributed by atoms with Gasteiger partial charge in [0.05, 0.1) is 0 Å². The average Bonchev–Trinajstić information content (AvgIpc) is 2.18. The standard InChI is InChI=1S/C11H15AsO2/c13-11(14)12-9-5-4-8-10-6-2-1-3-7-10/h1-3,6-7,12H,4-5,8-9H2,(H,13,14). The van der Waals surface area contributed by atoms with Crippen LogP contribution in [0, 0.1) is 0 Å². The van der Waals surface area contributed by atoms with Gasteiger partial charge in [-0.1, -0.05) is 0 Å². The second-order valence-corrected chi connectivity index (χ2v) is 5.86. The summed E-state index contributed by atoms with van der Waals surface area (Å²) < 4.78 is -0.565. The number of hydrogen-bond donors (Lipinski definition) is 1. The first-order chi connectivity index (χ1) is 6.79. The van der Waals surface area contributed by atoms with Crippen molar-refractivity contribution in [1.29, 1.82) is 0 Å². The van der Waals surface area contributed by atoms with Gasteiger partial charge in [-0.25, -0.2) is 0 Å². The van der Waals surface area contributed by atoms with Crippen LogP contribution in [0.25, 0.3) is 0 Å². The summed E-state index contributed by atoms with van der Waals surface area (Å²) in [6, 6.07) is 10.3. The summed E-state index contributed by atoms with van der Waals surface area (Å²) in [7, 11) is 0. The molecule has 76 valence electrons. The molecule has 0 aromatic heterocycles. The number of carboxylic acid groups (broad SMARTS) is 1. The first kappa shape index (κ1) is 11.3. The van der Waals surface area contributed by atoms with E-state index in [0.717, 1.165) is 24.5 Å². The summed E-state index contributed by atoms with van der Waals surface area (Å²) in [5.74, 6) is 0. The van der Waals surface area contributed by atoms with Crippen molar-refractivity contribution in [3.8, 4) is 0 Å². The Morgan fingerprint density at radius 1 is 1.21 bits per heavy atom. The molecule has 0 saturated heterocycles. The van der Waals surface area contributed by atoms with Gasteiger partial charge in [-0.05, 0) is 0 Å². The van der Waals surface area contributed by atoms with Crippen molar-refractivity contribution >= 4 is 20.5 Å². The third-order valence-corrected chi connectivity index (χ3v) is 3.91. The van der Waals surface area contributed by atoms with Crippen LogP contribution in [0.15, 0.2) is 30.3 Å². The molecule has 0 heterocycles. The summed E-state index contributed by atoms with van der Waals surface area (Å²) in [6.07, 6.45) is 3.24. The Balaban J connectivity index is 2.08. The Bertz CT molecular complexity index is 272. The number of carbonyl (C=O) groups is 1. The van der Waals surface area contributed by atoms with Crippen LogP contribution in [0.2, 0.25) is 5.21 Å². The van der Waals surface area contributed by atoms with Gasteiger partial charge in [-0.3, -0.25) is 0 Å². The molecule has 1 rings (SSSR count). The Hall–Kier alpha value is -0.752. The molecule has 0 aliphatic heterocycles. The molecule has 0 saturated carbocycles. The molecule has 0 radical (unpaired) electrons. The van der Waals surface area contributed by atoms with E-state index in [1.807, 2.05) is 18.2 Å². The molecule has 0 spiro atoms. The molecule has 0 fully saturated rings. The predicted molar refractivity (Wildman–Crippen MR) is 59.4 cm³/mol. The molecular weight excluding hydrogens is 239 g/mol. The van der Waals surface area contributed by atoms with Gasteiger partial charge in [0.15, 0.2) is 0 Å². The van der Waals surface area contributed by atoms with Gasteiger partial charge in [0.25, 0.3) is 0 Å². The molecular formula is C11H15AsO2. The molecule has 0 bridgehead atoms. The summed E-state index contributed by atoms with van der Waals surface area (Å²) in [6.45, 7) is 0. The van der Waals surface area contributed by atoms with Crippen molar-refractivity contribution in [3.05, 3.63) is 35.9 Å². The molecule has 1 unspecified atom stereocenters. The fourth-order valence-corrected chi connectivity index (χ4v) is 2.64. The van der Waals surface area contributed by atoms with E-state index in [0.29, 0.717) is 0 Å². The summed E-state index contributed by atoms with van der Waals surface area (Å²) in [4.78, 5) is 10.3. The van der Waals surface area contributed by atoms with Crippen LogP contribution in [0.5, 0.6) is 0 Å². The molecule has 1 atom stereocenters. The third-order valence-electron chi connectivity index (χ3n) is 2.01. The van der Waals surface area contributed by atoms with Crippen molar-refractivity contribution < 1.29 is 9.90 Å². The van der Waals surface area contributed by atoms with E-state index in [9.17, 15) is 4.79 Å². The maximum atomic E-state index is 10.3. The normalized spacial score (nSPS) is 10.9. The second kappa shape index (κ2) is 6.67. The minimum absolute atomic E-state index is 0.565. The molecule has 2 nitrogen and oxygen atoms in total. The zero-order valence-corrected chi connectivity index (χ0v) is 10.2. The third kappa shape index (κ3) is 5.08. The molecule has 1 aromatic rings. The average molecular weight is 254 g/mol. The van der Waals surface area contributed by atoms with Gasteiger partial charge in [-0.2, -0.15) is 0 Å². The van der Waals surface area contributed by atoms with Gasteiger partial charge in [0.2, 0.25) is 0 Å². The Labute approximate surface area is 91.0 Å². The fraction of sp³-hybridized carbons (Fsp3) is 0.364. The van der Waals surface area contributed by atoms with Crippen molar-refractivity contribution in [1.82, 2.24) is 0 Å². The molecule has 0 aliphatic carbocycles. The Morgan fingerprint density at radius 2 is 1.93 bits per heavy atom. The van der Waals surface area contributed by atoms with Crippen LogP contribution in [0.1, 0.15) is 18.4 Å². The Kier molecular flexibility index (Phi) is 5.39. The van der Waals surface area contributed by atoms with Crippen molar-refractivity contribution in [2.24, 2.45) is 0 Å². The molecule has 1 N–H and O–H groups in total. The monoisotopic (exact) mass is 254 g/mol. The van der Waals surface area contributed by atoms with Crippen molar-refractivity contribution in [2.45, 2.75) is 24.5 Å². The number of aryl methyl sites for hydroxylation is 1. The first-order valence-electron chi connectivity index (χ1n) is 4.80.